The molecule has 1 aromatic heterocycles. The van der Waals surface area contributed by atoms with E-state index in [4.69, 9.17) is 16.3 Å². The van der Waals surface area contributed by atoms with Crippen molar-refractivity contribution in [1.82, 2.24) is 20.1 Å². The number of H-pyrrole nitrogens is 1. The van der Waals surface area contributed by atoms with Gasteiger partial charge in [0, 0.05) is 66.5 Å². The molecule has 0 saturated carbocycles. The zero-order valence-electron chi connectivity index (χ0n) is 25.1. The summed E-state index contributed by atoms with van der Waals surface area (Å²) in [5, 5.41) is 7.84. The maximum atomic E-state index is 14.0. The number of urea groups is 1. The Morgan fingerprint density at radius 1 is 1.02 bits per heavy atom. The summed E-state index contributed by atoms with van der Waals surface area (Å²) in [4.78, 5) is 37.0. The highest BCUT2D eigenvalue weighted by atomic mass is 35.5. The highest BCUT2D eigenvalue weighted by molar-refractivity contribution is 6.30. The molecule has 1 fully saturated rings. The summed E-state index contributed by atoms with van der Waals surface area (Å²) < 4.78 is 5.56. The first kappa shape index (κ1) is 30.3. The maximum Gasteiger partial charge on any atom is 0.318 e. The highest BCUT2D eigenvalue weighted by Crippen LogP contribution is 2.31. The van der Waals surface area contributed by atoms with Gasteiger partial charge in [-0.05, 0) is 61.6 Å². The number of carbonyl (C=O) groups excluding carboxylic acids is 2. The molecule has 2 heterocycles. The van der Waals surface area contributed by atoms with Gasteiger partial charge in [-0.15, -0.1) is 0 Å². The standard InChI is InChI=1S/C33H39ClN6O3/c1-22(27-20-35-28-11-6-5-10-26(27)28)31(32(41)36-29-18-23(21-38(2)3)12-13-30(29)43-4)37-33(42)40-16-14-39(15-17-40)25-9-7-8-24(34)19-25/h5-13,18-20,22,31,35H,14-17,21H2,1-4H3,(H,36,41)(H,37,42). The van der Waals surface area contributed by atoms with Crippen molar-refractivity contribution in [3.05, 3.63) is 89.1 Å². The van der Waals surface area contributed by atoms with Gasteiger partial charge in [0.15, 0.2) is 0 Å². The molecule has 3 amide bonds. The van der Waals surface area contributed by atoms with Gasteiger partial charge in [0.25, 0.3) is 0 Å². The number of anilines is 2. The number of para-hydroxylation sites is 1. The number of rotatable bonds is 9. The Labute approximate surface area is 257 Å². The Balaban J connectivity index is 1.37. The second kappa shape index (κ2) is 13.4. The minimum Gasteiger partial charge on any atom is -0.495 e. The fraction of sp³-hybridized carbons (Fsp3) is 0.333. The number of piperazine rings is 1. The molecule has 3 N–H and O–H groups in total. The quantitative estimate of drug-likeness (QED) is 0.234. The van der Waals surface area contributed by atoms with Crippen LogP contribution in [0.1, 0.15) is 24.0 Å². The van der Waals surface area contributed by atoms with Gasteiger partial charge in [0.1, 0.15) is 11.8 Å². The molecule has 1 aliphatic rings. The van der Waals surface area contributed by atoms with Crippen molar-refractivity contribution in [2.24, 2.45) is 0 Å². The lowest BCUT2D eigenvalue weighted by Gasteiger charge is -2.37. The van der Waals surface area contributed by atoms with Crippen molar-refractivity contribution in [3.8, 4) is 5.75 Å². The van der Waals surface area contributed by atoms with Gasteiger partial charge < -0.3 is 35.1 Å². The molecular formula is C33H39ClN6O3. The first-order valence-corrected chi connectivity index (χ1v) is 14.9. The number of aromatic amines is 1. The fourth-order valence-corrected chi connectivity index (χ4v) is 5.84. The third kappa shape index (κ3) is 7.06. The van der Waals surface area contributed by atoms with Crippen LogP contribution in [-0.2, 0) is 11.3 Å². The number of benzene rings is 3. The van der Waals surface area contributed by atoms with E-state index in [2.05, 4.69) is 25.4 Å². The number of halogens is 1. The van der Waals surface area contributed by atoms with Crippen LogP contribution in [0, 0.1) is 0 Å². The van der Waals surface area contributed by atoms with Gasteiger partial charge in [-0.1, -0.05) is 48.9 Å². The molecule has 5 rings (SSSR count). The third-order valence-electron chi connectivity index (χ3n) is 7.93. The lowest BCUT2D eigenvalue weighted by Crippen LogP contribution is -2.56. The van der Waals surface area contributed by atoms with Crippen LogP contribution in [0.3, 0.4) is 0 Å². The molecule has 0 bridgehead atoms. The molecule has 1 aliphatic heterocycles. The van der Waals surface area contributed by atoms with E-state index in [0.717, 1.165) is 27.7 Å². The predicted molar refractivity (Wildman–Crippen MR) is 173 cm³/mol. The van der Waals surface area contributed by atoms with E-state index in [0.29, 0.717) is 49.2 Å². The largest absolute Gasteiger partial charge is 0.495 e. The minimum atomic E-state index is -0.847. The summed E-state index contributed by atoms with van der Waals surface area (Å²) in [5.74, 6) is -0.0920. The second-order valence-electron chi connectivity index (χ2n) is 11.2. The average molecular weight is 603 g/mol. The Kier molecular flexibility index (Phi) is 9.43. The number of methoxy groups -OCH3 is 1. The summed E-state index contributed by atoms with van der Waals surface area (Å²) in [6.45, 7) is 5.05. The van der Waals surface area contributed by atoms with Crippen LogP contribution in [-0.4, -0.2) is 80.1 Å². The summed E-state index contributed by atoms with van der Waals surface area (Å²) >= 11 is 6.19. The van der Waals surface area contributed by atoms with Crippen LogP contribution in [0.25, 0.3) is 10.9 Å². The number of hydrogen-bond acceptors (Lipinski definition) is 5. The van der Waals surface area contributed by atoms with E-state index in [1.165, 1.54) is 0 Å². The van der Waals surface area contributed by atoms with E-state index >= 15 is 0 Å². The number of hydrogen-bond donors (Lipinski definition) is 3. The van der Waals surface area contributed by atoms with E-state index in [1.807, 2.05) is 93.9 Å². The zero-order valence-corrected chi connectivity index (χ0v) is 25.8. The highest BCUT2D eigenvalue weighted by Gasteiger charge is 2.32. The average Bonchev–Trinajstić information content (AvgIpc) is 3.44. The van der Waals surface area contributed by atoms with E-state index in [9.17, 15) is 9.59 Å². The van der Waals surface area contributed by atoms with Crippen LogP contribution in [0.4, 0.5) is 16.2 Å². The topological polar surface area (TPSA) is 92.9 Å². The van der Waals surface area contributed by atoms with E-state index in [-0.39, 0.29) is 17.9 Å². The zero-order chi connectivity index (χ0) is 30.5. The van der Waals surface area contributed by atoms with Gasteiger partial charge in [0.2, 0.25) is 5.91 Å². The van der Waals surface area contributed by atoms with Crippen molar-refractivity contribution >= 4 is 45.8 Å². The molecule has 2 atom stereocenters. The fourth-order valence-electron chi connectivity index (χ4n) is 5.66. The SMILES string of the molecule is COc1ccc(CN(C)C)cc1NC(=O)C(NC(=O)N1CCN(c2cccc(Cl)c2)CC1)C(C)c1c[nH]c2ccccc12. The van der Waals surface area contributed by atoms with Crippen molar-refractivity contribution in [1.29, 1.82) is 0 Å². The maximum absolute atomic E-state index is 14.0. The van der Waals surface area contributed by atoms with Crippen LogP contribution in [0.2, 0.25) is 5.02 Å². The van der Waals surface area contributed by atoms with Crippen LogP contribution in [0.15, 0.2) is 72.9 Å². The monoisotopic (exact) mass is 602 g/mol. The number of nitrogens with zero attached hydrogens (tertiary/aromatic N) is 3. The number of fused-ring (bicyclic) bond motifs is 1. The van der Waals surface area contributed by atoms with Gasteiger partial charge >= 0.3 is 6.03 Å². The Morgan fingerprint density at radius 3 is 2.51 bits per heavy atom. The molecular weight excluding hydrogens is 564 g/mol. The van der Waals surface area contributed by atoms with Gasteiger partial charge in [-0.2, -0.15) is 0 Å². The molecule has 0 aliphatic carbocycles. The number of aromatic nitrogens is 1. The molecule has 3 aromatic carbocycles. The van der Waals surface area contributed by atoms with Crippen LogP contribution < -0.4 is 20.3 Å². The number of amides is 3. The smallest absolute Gasteiger partial charge is 0.318 e. The first-order valence-electron chi connectivity index (χ1n) is 14.5. The molecule has 226 valence electrons. The van der Waals surface area contributed by atoms with E-state index < -0.39 is 6.04 Å². The minimum absolute atomic E-state index is 0.272. The normalized spacial score (nSPS) is 14.9. The first-order chi connectivity index (χ1) is 20.7. The number of carbonyl (C=O) groups is 2. The number of ether oxygens (including phenoxy) is 1. The van der Waals surface area contributed by atoms with Gasteiger partial charge in [-0.3, -0.25) is 4.79 Å². The second-order valence-corrected chi connectivity index (χ2v) is 11.7. The molecule has 0 spiro atoms. The molecule has 9 nitrogen and oxygen atoms in total. The molecule has 43 heavy (non-hydrogen) atoms. The Morgan fingerprint density at radius 2 is 1.79 bits per heavy atom. The Hall–Kier alpha value is -4.21. The summed E-state index contributed by atoms with van der Waals surface area (Å²) in [6, 6.07) is 20.3. The molecule has 0 radical (unpaired) electrons. The van der Waals surface area contributed by atoms with Crippen LogP contribution >= 0.6 is 11.6 Å². The molecule has 10 heteroatoms. The summed E-state index contributed by atoms with van der Waals surface area (Å²) in [7, 11) is 5.56. The lowest BCUT2D eigenvalue weighted by atomic mass is 9.92. The van der Waals surface area contributed by atoms with Gasteiger partial charge in [-0.25, -0.2) is 4.79 Å². The van der Waals surface area contributed by atoms with Crippen molar-refractivity contribution in [2.75, 3.05) is 57.6 Å². The lowest BCUT2D eigenvalue weighted by molar-refractivity contribution is -0.118. The third-order valence-corrected chi connectivity index (χ3v) is 8.17. The Bertz CT molecular complexity index is 1580. The van der Waals surface area contributed by atoms with Crippen molar-refractivity contribution in [3.63, 3.8) is 0 Å². The van der Waals surface area contributed by atoms with Crippen molar-refractivity contribution < 1.29 is 14.3 Å². The molecule has 2 unspecified atom stereocenters. The van der Waals surface area contributed by atoms with Gasteiger partial charge in [0.05, 0.1) is 12.8 Å². The van der Waals surface area contributed by atoms with Crippen LogP contribution in [0.5, 0.6) is 5.75 Å². The molecule has 1 saturated heterocycles. The summed E-state index contributed by atoms with van der Waals surface area (Å²) in [5.41, 5.74) is 4.56. The van der Waals surface area contributed by atoms with E-state index in [1.54, 1.807) is 12.0 Å². The molecule has 4 aromatic rings. The number of nitrogens with one attached hydrogen (secondary N) is 3. The summed E-state index contributed by atoms with van der Waals surface area (Å²) in [6.07, 6.45) is 1.92. The van der Waals surface area contributed by atoms with Crippen molar-refractivity contribution in [2.45, 2.75) is 25.4 Å². The predicted octanol–water partition coefficient (Wildman–Crippen LogP) is 5.53.